The van der Waals surface area contributed by atoms with Crippen LogP contribution in [0.5, 0.6) is 0 Å². The van der Waals surface area contributed by atoms with Crippen LogP contribution in [0.3, 0.4) is 0 Å². The molecule has 11 rings (SSSR count). The van der Waals surface area contributed by atoms with Crippen LogP contribution in [0.4, 0.5) is 0 Å². The molecular formula is C57H40. The summed E-state index contributed by atoms with van der Waals surface area (Å²) in [5.74, 6) is 0. The van der Waals surface area contributed by atoms with Crippen LogP contribution in [-0.2, 0) is 5.41 Å². The van der Waals surface area contributed by atoms with Crippen LogP contribution in [0.15, 0.2) is 206 Å². The Labute approximate surface area is 334 Å². The molecule has 0 atom stereocenters. The second kappa shape index (κ2) is 13.0. The molecule has 0 radical (unpaired) electrons. The number of rotatable bonds is 5. The van der Waals surface area contributed by atoms with E-state index in [9.17, 15) is 0 Å². The Morgan fingerprint density at radius 1 is 0.263 bits per heavy atom. The fourth-order valence-electron chi connectivity index (χ4n) is 9.67. The maximum absolute atomic E-state index is 2.49. The van der Waals surface area contributed by atoms with Crippen molar-refractivity contribution in [3.63, 3.8) is 0 Å². The van der Waals surface area contributed by atoms with Crippen LogP contribution in [0.2, 0.25) is 0 Å². The minimum atomic E-state index is -0.104. The van der Waals surface area contributed by atoms with E-state index < -0.39 is 0 Å². The average molecular weight is 725 g/mol. The van der Waals surface area contributed by atoms with E-state index >= 15 is 0 Å². The smallest absolute Gasteiger partial charge is 0.0159 e. The molecule has 1 aliphatic rings. The SMILES string of the molecule is CC1(C)c2ccccc2-c2ccc(-c3c4ccccc4c(-c4cc(-c5ccccc5)cc(-c5ccccc5)c4)c4ccc(-c5cccc6ccccc56)cc34)cc21. The van der Waals surface area contributed by atoms with Crippen molar-refractivity contribution in [3.8, 4) is 66.8 Å². The van der Waals surface area contributed by atoms with E-state index in [1.165, 1.54) is 110 Å². The largest absolute Gasteiger partial charge is 0.0622 e. The monoisotopic (exact) mass is 724 g/mol. The lowest BCUT2D eigenvalue weighted by Gasteiger charge is -2.23. The van der Waals surface area contributed by atoms with E-state index in [4.69, 9.17) is 0 Å². The van der Waals surface area contributed by atoms with E-state index in [-0.39, 0.29) is 5.41 Å². The van der Waals surface area contributed by atoms with Crippen molar-refractivity contribution in [1.82, 2.24) is 0 Å². The molecule has 0 amide bonds. The van der Waals surface area contributed by atoms with E-state index in [1.807, 2.05) is 0 Å². The summed E-state index contributed by atoms with van der Waals surface area (Å²) < 4.78 is 0. The molecule has 0 heterocycles. The summed E-state index contributed by atoms with van der Waals surface area (Å²) in [6, 6.07) is 76.6. The van der Waals surface area contributed by atoms with Crippen molar-refractivity contribution in [2.24, 2.45) is 0 Å². The first-order valence-corrected chi connectivity index (χ1v) is 20.0. The Morgan fingerprint density at radius 2 is 0.772 bits per heavy atom. The Balaban J connectivity index is 1.24. The van der Waals surface area contributed by atoms with Crippen LogP contribution < -0.4 is 0 Å². The Bertz CT molecular complexity index is 3120. The lowest BCUT2D eigenvalue weighted by Crippen LogP contribution is -2.14. The summed E-state index contributed by atoms with van der Waals surface area (Å²) >= 11 is 0. The Hall–Kier alpha value is -7.02. The molecular weight excluding hydrogens is 685 g/mol. The molecule has 0 nitrogen and oxygen atoms in total. The minimum Gasteiger partial charge on any atom is -0.0622 e. The first kappa shape index (κ1) is 33.3. The van der Waals surface area contributed by atoms with Crippen LogP contribution in [-0.4, -0.2) is 0 Å². The van der Waals surface area contributed by atoms with Gasteiger partial charge in [0.2, 0.25) is 0 Å². The second-order valence-corrected chi connectivity index (χ2v) is 16.0. The molecule has 0 N–H and O–H groups in total. The molecule has 0 spiro atoms. The van der Waals surface area contributed by atoms with Crippen LogP contribution in [0, 0.1) is 0 Å². The number of hydrogen-bond donors (Lipinski definition) is 0. The highest BCUT2D eigenvalue weighted by atomic mass is 14.4. The molecule has 0 aromatic heterocycles. The standard InChI is InChI=1S/C57H40/c1-57(2)53-27-14-13-23-47(53)48-30-29-41(36-54(48)57)55-49-24-11-12-25-50(49)56(51-31-28-40(35-52(51)55)46-26-15-21-39-20-9-10-22-45(39)46)44-33-42(37-16-5-3-6-17-37)32-43(34-44)38-18-7-4-8-19-38/h3-36H,1-2H3. The average Bonchev–Trinajstić information content (AvgIpc) is 3.50. The first-order chi connectivity index (χ1) is 28.0. The van der Waals surface area contributed by atoms with E-state index in [0.29, 0.717) is 0 Å². The van der Waals surface area contributed by atoms with Crippen LogP contribution >= 0.6 is 0 Å². The summed E-state index contributed by atoms with van der Waals surface area (Å²) in [5, 5.41) is 7.54. The van der Waals surface area contributed by atoms with Gasteiger partial charge in [-0.3, -0.25) is 0 Å². The van der Waals surface area contributed by atoms with Crippen molar-refractivity contribution < 1.29 is 0 Å². The highest BCUT2D eigenvalue weighted by Crippen LogP contribution is 2.52. The number of fused-ring (bicyclic) bond motifs is 6. The van der Waals surface area contributed by atoms with Gasteiger partial charge in [0.05, 0.1) is 0 Å². The molecule has 57 heavy (non-hydrogen) atoms. The third-order valence-electron chi connectivity index (χ3n) is 12.4. The van der Waals surface area contributed by atoms with Crippen molar-refractivity contribution in [2.45, 2.75) is 19.3 Å². The molecule has 10 aromatic carbocycles. The molecule has 0 aliphatic heterocycles. The van der Waals surface area contributed by atoms with Crippen molar-refractivity contribution in [1.29, 1.82) is 0 Å². The molecule has 10 aromatic rings. The van der Waals surface area contributed by atoms with Crippen LogP contribution in [0.1, 0.15) is 25.0 Å². The number of benzene rings is 10. The molecule has 0 saturated heterocycles. The predicted molar refractivity (Wildman–Crippen MR) is 244 cm³/mol. The van der Waals surface area contributed by atoms with E-state index in [1.54, 1.807) is 0 Å². The van der Waals surface area contributed by atoms with Gasteiger partial charge in [0, 0.05) is 5.41 Å². The molecule has 0 unspecified atom stereocenters. The first-order valence-electron chi connectivity index (χ1n) is 20.0. The van der Waals surface area contributed by atoms with Gasteiger partial charge in [-0.25, -0.2) is 0 Å². The maximum atomic E-state index is 2.49. The summed E-state index contributed by atoms with van der Waals surface area (Å²) in [7, 11) is 0. The van der Waals surface area contributed by atoms with Gasteiger partial charge in [0.25, 0.3) is 0 Å². The molecule has 1 aliphatic carbocycles. The quantitative estimate of drug-likeness (QED) is 0.155. The molecule has 268 valence electrons. The fraction of sp³-hybridized carbons (Fsp3) is 0.0526. The van der Waals surface area contributed by atoms with Gasteiger partial charge in [-0.2, -0.15) is 0 Å². The normalized spacial score (nSPS) is 12.9. The number of hydrogen-bond acceptors (Lipinski definition) is 0. The van der Waals surface area contributed by atoms with Gasteiger partial charge in [0.1, 0.15) is 0 Å². The minimum absolute atomic E-state index is 0.104. The van der Waals surface area contributed by atoms with Gasteiger partial charge < -0.3 is 0 Å². The fourth-order valence-corrected chi connectivity index (χ4v) is 9.67. The topological polar surface area (TPSA) is 0 Å². The summed E-state index contributed by atoms with van der Waals surface area (Å²) in [6.45, 7) is 4.76. The van der Waals surface area contributed by atoms with Gasteiger partial charge in [-0.1, -0.05) is 190 Å². The van der Waals surface area contributed by atoms with E-state index in [0.717, 1.165) is 0 Å². The predicted octanol–water partition coefficient (Wildman–Crippen LogP) is 15.8. The Kier molecular flexibility index (Phi) is 7.63. The van der Waals surface area contributed by atoms with Crippen molar-refractivity contribution in [3.05, 3.63) is 217 Å². The molecule has 0 bridgehead atoms. The van der Waals surface area contributed by atoms with E-state index in [2.05, 4.69) is 220 Å². The summed E-state index contributed by atoms with van der Waals surface area (Å²) in [6.07, 6.45) is 0. The third kappa shape index (κ3) is 5.36. The zero-order valence-electron chi connectivity index (χ0n) is 32.1. The summed E-state index contributed by atoms with van der Waals surface area (Å²) in [5.41, 5.74) is 17.7. The highest BCUT2D eigenvalue weighted by molar-refractivity contribution is 6.22. The molecule has 0 fully saturated rings. The van der Waals surface area contributed by atoms with Gasteiger partial charge in [-0.15, -0.1) is 0 Å². The highest BCUT2D eigenvalue weighted by Gasteiger charge is 2.35. The van der Waals surface area contributed by atoms with Gasteiger partial charge in [-0.05, 0) is 141 Å². The van der Waals surface area contributed by atoms with Crippen molar-refractivity contribution >= 4 is 32.3 Å². The zero-order chi connectivity index (χ0) is 38.1. The van der Waals surface area contributed by atoms with Gasteiger partial charge in [0.15, 0.2) is 0 Å². The Morgan fingerprint density at radius 3 is 1.49 bits per heavy atom. The van der Waals surface area contributed by atoms with Crippen molar-refractivity contribution in [2.75, 3.05) is 0 Å². The van der Waals surface area contributed by atoms with Crippen LogP contribution in [0.25, 0.3) is 99.1 Å². The lowest BCUT2D eigenvalue weighted by atomic mass is 9.80. The summed E-state index contributed by atoms with van der Waals surface area (Å²) in [4.78, 5) is 0. The molecule has 0 heteroatoms. The maximum Gasteiger partial charge on any atom is 0.0159 e. The molecule has 0 saturated carbocycles. The lowest BCUT2D eigenvalue weighted by molar-refractivity contribution is 0.660. The second-order valence-electron chi connectivity index (χ2n) is 16.0. The van der Waals surface area contributed by atoms with Gasteiger partial charge >= 0.3 is 0 Å². The third-order valence-corrected chi connectivity index (χ3v) is 12.4. The zero-order valence-corrected chi connectivity index (χ0v) is 32.1.